The van der Waals surface area contributed by atoms with E-state index in [1.807, 2.05) is 31.3 Å². The summed E-state index contributed by atoms with van der Waals surface area (Å²) in [6, 6.07) is 11.6. The van der Waals surface area contributed by atoms with Gasteiger partial charge < -0.3 is 18.7 Å². The summed E-state index contributed by atoms with van der Waals surface area (Å²) in [4.78, 5) is 9.11. The van der Waals surface area contributed by atoms with E-state index in [1.54, 1.807) is 18.6 Å². The fraction of sp³-hybridized carbons (Fsp3) is 0.308. The Balaban J connectivity index is 1.31. The summed E-state index contributed by atoms with van der Waals surface area (Å²) < 4.78 is 11.4. The molecule has 0 N–H and O–H groups in total. The Labute approximate surface area is 208 Å². The Kier molecular flexibility index (Phi) is 5.30. The quantitative estimate of drug-likeness (QED) is 0.313. The molecule has 3 aromatic heterocycles. The number of nitrogens with zero attached hydrogens (tertiary/aromatic N) is 4. The average molecular weight is 495 g/mol. The standard InChI is InChI=1S/C26H24Cl2N4O2/c1-17-9-22(3-6-29-17)32-15-26(16-32)5-2-7-31(14-26)25-23(18-4-8-33-13-18)24(30-34-25)19-10-20(27)12-21(28)11-19/h3-4,6,8-13H,2,5,7,14-16H2,1H3. The maximum Gasteiger partial charge on any atom is 0.235 e. The molecule has 0 aliphatic carbocycles. The SMILES string of the molecule is Cc1cc(N2CC3(CCCN(c4onc(-c5cc(Cl)cc(Cl)c5)c4-c4ccoc4)C3)C2)ccn1. The highest BCUT2D eigenvalue weighted by molar-refractivity contribution is 6.35. The van der Waals surface area contributed by atoms with Crippen molar-refractivity contribution in [3.63, 3.8) is 0 Å². The number of pyridine rings is 1. The van der Waals surface area contributed by atoms with Crippen LogP contribution in [-0.2, 0) is 0 Å². The number of piperidine rings is 1. The van der Waals surface area contributed by atoms with Gasteiger partial charge in [-0.25, -0.2) is 0 Å². The number of benzene rings is 1. The molecule has 4 aromatic rings. The third kappa shape index (κ3) is 3.85. The van der Waals surface area contributed by atoms with Gasteiger partial charge >= 0.3 is 0 Å². The molecule has 174 valence electrons. The zero-order valence-electron chi connectivity index (χ0n) is 18.8. The summed E-state index contributed by atoms with van der Waals surface area (Å²) in [5, 5.41) is 5.59. The van der Waals surface area contributed by atoms with E-state index in [-0.39, 0.29) is 5.41 Å². The van der Waals surface area contributed by atoms with Gasteiger partial charge in [0.15, 0.2) is 0 Å². The predicted molar refractivity (Wildman–Crippen MR) is 135 cm³/mol. The van der Waals surface area contributed by atoms with Gasteiger partial charge in [0.2, 0.25) is 5.88 Å². The lowest BCUT2D eigenvalue weighted by molar-refractivity contribution is 0.170. The molecule has 0 unspecified atom stereocenters. The predicted octanol–water partition coefficient (Wildman–Crippen LogP) is 6.72. The summed E-state index contributed by atoms with van der Waals surface area (Å²) >= 11 is 12.6. The van der Waals surface area contributed by atoms with Gasteiger partial charge in [0.25, 0.3) is 0 Å². The third-order valence-corrected chi connectivity index (χ3v) is 7.30. The van der Waals surface area contributed by atoms with Crippen LogP contribution in [0.15, 0.2) is 64.1 Å². The molecular formula is C26H24Cl2N4O2. The van der Waals surface area contributed by atoms with Crippen LogP contribution in [0.4, 0.5) is 11.6 Å². The second kappa shape index (κ2) is 8.36. The number of halogens is 2. The van der Waals surface area contributed by atoms with Gasteiger partial charge in [-0.05, 0) is 56.2 Å². The molecule has 1 spiro atoms. The van der Waals surface area contributed by atoms with Crippen molar-refractivity contribution >= 4 is 34.8 Å². The van der Waals surface area contributed by atoms with Crippen LogP contribution in [0, 0.1) is 12.3 Å². The molecular weight excluding hydrogens is 471 g/mol. The van der Waals surface area contributed by atoms with Gasteiger partial charge in [0, 0.05) is 70.3 Å². The number of furan rings is 1. The van der Waals surface area contributed by atoms with Crippen molar-refractivity contribution in [1.82, 2.24) is 10.1 Å². The minimum atomic E-state index is 0.232. The third-order valence-electron chi connectivity index (χ3n) is 6.87. The molecule has 6 rings (SSSR count). The summed E-state index contributed by atoms with van der Waals surface area (Å²) in [7, 11) is 0. The van der Waals surface area contributed by atoms with Gasteiger partial charge in [-0.3, -0.25) is 4.98 Å². The number of rotatable bonds is 4. The van der Waals surface area contributed by atoms with Crippen LogP contribution in [0.5, 0.6) is 0 Å². The van der Waals surface area contributed by atoms with Crippen molar-refractivity contribution in [3.8, 4) is 22.4 Å². The molecule has 34 heavy (non-hydrogen) atoms. The second-order valence-corrected chi connectivity index (χ2v) is 10.3. The van der Waals surface area contributed by atoms with Crippen molar-refractivity contribution in [2.24, 2.45) is 5.41 Å². The lowest BCUT2D eigenvalue weighted by Crippen LogP contribution is -2.63. The number of aryl methyl sites for hydroxylation is 1. The largest absolute Gasteiger partial charge is 0.472 e. The Morgan fingerprint density at radius 3 is 2.50 bits per heavy atom. The topological polar surface area (TPSA) is 58.5 Å². The Bertz CT molecular complexity index is 1310. The zero-order valence-corrected chi connectivity index (χ0v) is 20.3. The highest BCUT2D eigenvalue weighted by atomic mass is 35.5. The van der Waals surface area contributed by atoms with Gasteiger partial charge in [-0.15, -0.1) is 0 Å². The van der Waals surface area contributed by atoms with E-state index in [0.717, 1.165) is 60.9 Å². The number of hydrogen-bond acceptors (Lipinski definition) is 6. The Morgan fingerprint density at radius 2 is 1.76 bits per heavy atom. The molecule has 0 atom stereocenters. The van der Waals surface area contributed by atoms with Crippen LogP contribution < -0.4 is 9.80 Å². The van der Waals surface area contributed by atoms with E-state index in [2.05, 4.69) is 32.1 Å². The highest BCUT2D eigenvalue weighted by Gasteiger charge is 2.47. The second-order valence-electron chi connectivity index (χ2n) is 9.42. The van der Waals surface area contributed by atoms with Crippen molar-refractivity contribution < 1.29 is 8.94 Å². The Hall–Kier alpha value is -2.96. The Morgan fingerprint density at radius 1 is 0.971 bits per heavy atom. The fourth-order valence-electron chi connectivity index (χ4n) is 5.36. The molecule has 8 heteroatoms. The minimum Gasteiger partial charge on any atom is -0.472 e. The highest BCUT2D eigenvalue weighted by Crippen LogP contribution is 2.46. The average Bonchev–Trinajstić information content (AvgIpc) is 3.46. The molecule has 0 bridgehead atoms. The van der Waals surface area contributed by atoms with Crippen LogP contribution >= 0.6 is 23.2 Å². The lowest BCUT2D eigenvalue weighted by Gasteiger charge is -2.55. The summed E-state index contributed by atoms with van der Waals surface area (Å²) in [5.41, 5.74) is 5.88. The van der Waals surface area contributed by atoms with Crippen LogP contribution in [0.3, 0.4) is 0 Å². The zero-order chi connectivity index (χ0) is 23.3. The van der Waals surface area contributed by atoms with Crippen LogP contribution in [-0.4, -0.2) is 36.3 Å². The molecule has 0 amide bonds. The first-order chi connectivity index (χ1) is 16.5. The maximum atomic E-state index is 6.29. The molecule has 2 saturated heterocycles. The minimum absolute atomic E-state index is 0.232. The molecule has 2 aliphatic heterocycles. The molecule has 0 radical (unpaired) electrons. The van der Waals surface area contributed by atoms with E-state index >= 15 is 0 Å². The molecule has 6 nitrogen and oxygen atoms in total. The van der Waals surface area contributed by atoms with Crippen LogP contribution in [0.2, 0.25) is 10.0 Å². The normalized spacial score (nSPS) is 17.3. The monoisotopic (exact) mass is 494 g/mol. The van der Waals surface area contributed by atoms with E-state index in [9.17, 15) is 0 Å². The first kappa shape index (κ1) is 21.6. The van der Waals surface area contributed by atoms with Crippen molar-refractivity contribution in [2.45, 2.75) is 19.8 Å². The molecule has 2 aliphatic rings. The summed E-state index contributed by atoms with van der Waals surface area (Å²) in [6.07, 6.45) is 7.59. The molecule has 5 heterocycles. The van der Waals surface area contributed by atoms with E-state index in [4.69, 9.17) is 32.1 Å². The lowest BCUT2D eigenvalue weighted by atomic mass is 9.73. The summed E-state index contributed by atoms with van der Waals surface area (Å²) in [5.74, 6) is 0.768. The van der Waals surface area contributed by atoms with Gasteiger partial charge in [0.1, 0.15) is 5.69 Å². The van der Waals surface area contributed by atoms with Gasteiger partial charge in [0.05, 0.1) is 18.1 Å². The molecule has 2 fully saturated rings. The first-order valence-corrected chi connectivity index (χ1v) is 12.2. The smallest absolute Gasteiger partial charge is 0.235 e. The van der Waals surface area contributed by atoms with E-state index < -0.39 is 0 Å². The van der Waals surface area contributed by atoms with Crippen molar-refractivity contribution in [3.05, 3.63) is 70.9 Å². The van der Waals surface area contributed by atoms with Gasteiger partial charge in [-0.1, -0.05) is 28.4 Å². The van der Waals surface area contributed by atoms with Crippen molar-refractivity contribution in [1.29, 1.82) is 0 Å². The number of aromatic nitrogens is 2. The molecule has 1 aromatic carbocycles. The van der Waals surface area contributed by atoms with Crippen LogP contribution in [0.1, 0.15) is 18.5 Å². The van der Waals surface area contributed by atoms with E-state index in [1.165, 1.54) is 12.1 Å². The van der Waals surface area contributed by atoms with Crippen molar-refractivity contribution in [2.75, 3.05) is 36.0 Å². The molecule has 0 saturated carbocycles. The van der Waals surface area contributed by atoms with E-state index in [0.29, 0.717) is 15.7 Å². The maximum absolute atomic E-state index is 6.29. The fourth-order valence-corrected chi connectivity index (χ4v) is 5.89. The number of anilines is 2. The number of hydrogen-bond donors (Lipinski definition) is 0. The van der Waals surface area contributed by atoms with Gasteiger partial charge in [-0.2, -0.15) is 0 Å². The summed E-state index contributed by atoms with van der Waals surface area (Å²) in [6.45, 7) is 5.93. The van der Waals surface area contributed by atoms with Crippen LogP contribution in [0.25, 0.3) is 22.4 Å². The first-order valence-electron chi connectivity index (χ1n) is 11.4.